The first kappa shape index (κ1) is 16.1. The highest BCUT2D eigenvalue weighted by atomic mass is 32.1. The molecule has 4 nitrogen and oxygen atoms in total. The van der Waals surface area contributed by atoms with Gasteiger partial charge >= 0.3 is 0 Å². The van der Waals surface area contributed by atoms with Crippen molar-refractivity contribution < 1.29 is 9.90 Å². The van der Waals surface area contributed by atoms with Gasteiger partial charge in [-0.25, -0.2) is 0 Å². The first-order chi connectivity index (χ1) is 11.6. The highest BCUT2D eigenvalue weighted by Crippen LogP contribution is 2.42. The van der Waals surface area contributed by atoms with Gasteiger partial charge in [0.15, 0.2) is 0 Å². The van der Waals surface area contributed by atoms with Crippen LogP contribution in [0.2, 0.25) is 0 Å². The van der Waals surface area contributed by atoms with Crippen LogP contribution in [-0.2, 0) is 0 Å². The zero-order valence-electron chi connectivity index (χ0n) is 14.1. The first-order valence-corrected chi connectivity index (χ1v) is 9.59. The normalized spacial score (nSPS) is 28.1. The Balaban J connectivity index is 1.60. The topological polar surface area (TPSA) is 43.8 Å². The third-order valence-corrected chi connectivity index (χ3v) is 6.97. The fourth-order valence-electron chi connectivity index (χ4n) is 4.51. The quantitative estimate of drug-likeness (QED) is 0.911. The number of piperidine rings is 2. The summed E-state index contributed by atoms with van der Waals surface area (Å²) < 4.78 is 1.16. The highest BCUT2D eigenvalue weighted by Gasteiger charge is 2.47. The molecule has 24 heavy (non-hydrogen) atoms. The molecule has 1 N–H and O–H groups in total. The average Bonchev–Trinajstić information content (AvgIpc) is 3.05. The number of hydrogen-bond acceptors (Lipinski definition) is 4. The Labute approximate surface area is 146 Å². The lowest BCUT2D eigenvalue weighted by atomic mass is 9.69. The Kier molecular flexibility index (Phi) is 4.11. The molecule has 2 aromatic rings. The number of hydrogen-bond donors (Lipinski definition) is 1. The highest BCUT2D eigenvalue weighted by molar-refractivity contribution is 7.17. The third-order valence-electron chi connectivity index (χ3n) is 6.01. The van der Waals surface area contributed by atoms with E-state index in [0.29, 0.717) is 0 Å². The Morgan fingerprint density at radius 1 is 1.33 bits per heavy atom. The van der Waals surface area contributed by atoms with Crippen molar-refractivity contribution >= 4 is 27.3 Å². The van der Waals surface area contributed by atoms with E-state index < -0.39 is 0 Å². The number of nitrogens with zero attached hydrogens (tertiary/aromatic N) is 2. The summed E-state index contributed by atoms with van der Waals surface area (Å²) in [6.07, 6.45) is 3.10. The molecule has 1 amide bonds. The lowest BCUT2D eigenvalue weighted by molar-refractivity contribution is -0.0600. The van der Waals surface area contributed by atoms with Crippen molar-refractivity contribution in [2.75, 3.05) is 33.3 Å². The van der Waals surface area contributed by atoms with Crippen LogP contribution in [0.5, 0.6) is 0 Å². The van der Waals surface area contributed by atoms with Gasteiger partial charge in [-0.15, -0.1) is 11.3 Å². The Morgan fingerprint density at radius 2 is 2.17 bits per heavy atom. The molecule has 3 heterocycles. The molecule has 5 heteroatoms. The van der Waals surface area contributed by atoms with E-state index >= 15 is 0 Å². The molecule has 4 rings (SSSR count). The van der Waals surface area contributed by atoms with Gasteiger partial charge in [-0.3, -0.25) is 4.79 Å². The summed E-state index contributed by atoms with van der Waals surface area (Å²) in [6, 6.07) is 8.37. The molecule has 0 radical (unpaired) electrons. The van der Waals surface area contributed by atoms with E-state index in [2.05, 4.69) is 18.0 Å². The van der Waals surface area contributed by atoms with E-state index in [4.69, 9.17) is 0 Å². The van der Waals surface area contributed by atoms with E-state index in [9.17, 15) is 9.90 Å². The number of carbonyl (C=O) groups excluding carboxylic acids is 1. The number of benzene rings is 1. The maximum Gasteiger partial charge on any atom is 0.255 e. The zero-order chi connectivity index (χ0) is 16.7. The fourth-order valence-corrected chi connectivity index (χ4v) is 5.45. The Hall–Kier alpha value is -1.43. The molecule has 1 aromatic heterocycles. The molecule has 128 valence electrons. The van der Waals surface area contributed by atoms with Gasteiger partial charge in [-0.05, 0) is 38.9 Å². The van der Waals surface area contributed by atoms with Crippen molar-refractivity contribution in [3.63, 3.8) is 0 Å². The van der Waals surface area contributed by atoms with Crippen LogP contribution >= 0.6 is 11.3 Å². The molecule has 0 saturated carbocycles. The number of fused-ring (bicyclic) bond motifs is 2. The van der Waals surface area contributed by atoms with E-state index in [1.165, 1.54) is 0 Å². The van der Waals surface area contributed by atoms with Crippen LogP contribution < -0.4 is 0 Å². The number of likely N-dealkylation sites (tertiary alicyclic amines) is 2. The standard InChI is InChI=1S/C19H24N2O2S/c1-20-9-4-7-19(13-22)8-10-21(11-17(19)20)18(23)15-12-24-16-6-3-2-5-14(15)16/h2-3,5-6,12,17,22H,4,7-11,13H2,1H3/t17-,19-/m1/s1. The van der Waals surface area contributed by atoms with Crippen LogP contribution in [-0.4, -0.2) is 60.1 Å². The SMILES string of the molecule is CN1CCC[C@]2(CO)CCN(C(=O)c3csc4ccccc34)C[C@@H]12. The number of aliphatic hydroxyl groups is 1. The van der Waals surface area contributed by atoms with E-state index in [0.717, 1.165) is 54.5 Å². The van der Waals surface area contributed by atoms with Crippen LogP contribution in [0.25, 0.3) is 10.1 Å². The van der Waals surface area contributed by atoms with Gasteiger partial charge < -0.3 is 14.9 Å². The lowest BCUT2D eigenvalue weighted by Gasteiger charge is -2.53. The molecule has 2 fully saturated rings. The van der Waals surface area contributed by atoms with Crippen molar-refractivity contribution in [1.29, 1.82) is 0 Å². The summed E-state index contributed by atoms with van der Waals surface area (Å²) in [5.41, 5.74) is 0.797. The monoisotopic (exact) mass is 344 g/mol. The molecule has 1 aromatic carbocycles. The minimum absolute atomic E-state index is 0.0273. The maximum atomic E-state index is 13.1. The minimum atomic E-state index is -0.0273. The number of amides is 1. The van der Waals surface area contributed by atoms with E-state index in [1.807, 2.05) is 28.5 Å². The van der Waals surface area contributed by atoms with Crippen LogP contribution in [0.15, 0.2) is 29.6 Å². The Morgan fingerprint density at radius 3 is 3.00 bits per heavy atom. The summed E-state index contributed by atoms with van der Waals surface area (Å²) in [4.78, 5) is 17.4. The zero-order valence-corrected chi connectivity index (χ0v) is 14.9. The lowest BCUT2D eigenvalue weighted by Crippen LogP contribution is -2.62. The summed E-state index contributed by atoms with van der Waals surface area (Å²) in [5.74, 6) is 0.137. The predicted molar refractivity (Wildman–Crippen MR) is 97.5 cm³/mol. The van der Waals surface area contributed by atoms with E-state index in [-0.39, 0.29) is 24.0 Å². The number of likely N-dealkylation sites (N-methyl/N-ethyl adjacent to an activating group) is 1. The van der Waals surface area contributed by atoms with Gasteiger partial charge in [-0.2, -0.15) is 0 Å². The molecular weight excluding hydrogens is 320 g/mol. The molecular formula is C19H24N2O2S. The summed E-state index contributed by atoms with van der Waals surface area (Å²) in [5, 5.41) is 13.1. The third kappa shape index (κ3) is 2.46. The molecule has 2 atom stereocenters. The van der Waals surface area contributed by atoms with Crippen molar-refractivity contribution in [2.45, 2.75) is 25.3 Å². The fraction of sp³-hybridized carbons (Fsp3) is 0.526. The molecule has 0 aliphatic carbocycles. The van der Waals surface area contributed by atoms with Crippen LogP contribution in [0.4, 0.5) is 0 Å². The molecule has 2 saturated heterocycles. The Bertz CT molecular complexity index is 759. The second kappa shape index (κ2) is 6.14. The molecule has 0 spiro atoms. The maximum absolute atomic E-state index is 13.1. The van der Waals surface area contributed by atoms with Gasteiger partial charge in [0, 0.05) is 40.0 Å². The van der Waals surface area contributed by atoms with E-state index in [1.54, 1.807) is 11.3 Å². The van der Waals surface area contributed by atoms with Crippen molar-refractivity contribution in [1.82, 2.24) is 9.80 Å². The van der Waals surface area contributed by atoms with Crippen LogP contribution in [0.3, 0.4) is 0 Å². The molecule has 2 aliphatic heterocycles. The molecule has 0 unspecified atom stereocenters. The van der Waals surface area contributed by atoms with Crippen molar-refractivity contribution in [2.24, 2.45) is 5.41 Å². The predicted octanol–water partition coefficient (Wildman–Crippen LogP) is 2.82. The number of rotatable bonds is 2. The second-order valence-electron chi connectivity index (χ2n) is 7.27. The van der Waals surface area contributed by atoms with Gasteiger partial charge in [0.1, 0.15) is 0 Å². The molecule has 0 bridgehead atoms. The minimum Gasteiger partial charge on any atom is -0.396 e. The second-order valence-corrected chi connectivity index (χ2v) is 8.18. The van der Waals surface area contributed by atoms with Gasteiger partial charge in [-0.1, -0.05) is 18.2 Å². The van der Waals surface area contributed by atoms with Gasteiger partial charge in [0.05, 0.1) is 12.2 Å². The first-order valence-electron chi connectivity index (χ1n) is 8.71. The van der Waals surface area contributed by atoms with Gasteiger partial charge in [0.25, 0.3) is 5.91 Å². The average molecular weight is 344 g/mol. The van der Waals surface area contributed by atoms with Crippen LogP contribution in [0.1, 0.15) is 29.6 Å². The smallest absolute Gasteiger partial charge is 0.255 e. The summed E-state index contributed by atoms with van der Waals surface area (Å²) in [7, 11) is 2.13. The van der Waals surface area contributed by atoms with Crippen LogP contribution in [0, 0.1) is 5.41 Å². The summed E-state index contributed by atoms with van der Waals surface area (Å²) in [6.45, 7) is 2.75. The van der Waals surface area contributed by atoms with Crippen molar-refractivity contribution in [3.8, 4) is 0 Å². The van der Waals surface area contributed by atoms with Gasteiger partial charge in [0.2, 0.25) is 0 Å². The molecule has 2 aliphatic rings. The largest absolute Gasteiger partial charge is 0.396 e. The van der Waals surface area contributed by atoms with Crippen molar-refractivity contribution in [3.05, 3.63) is 35.2 Å². The summed E-state index contributed by atoms with van der Waals surface area (Å²) >= 11 is 1.64. The number of aliphatic hydroxyl groups excluding tert-OH is 1. The number of thiophene rings is 1. The number of carbonyl (C=O) groups is 1.